The van der Waals surface area contributed by atoms with Gasteiger partial charge in [-0.1, -0.05) is 12.1 Å². The molecule has 0 bridgehead atoms. The van der Waals surface area contributed by atoms with Crippen LogP contribution < -0.4 is 10.6 Å². The van der Waals surface area contributed by atoms with Crippen molar-refractivity contribution >= 4 is 17.3 Å². The lowest BCUT2D eigenvalue weighted by Crippen LogP contribution is -2.05. The quantitative estimate of drug-likeness (QED) is 0.864. The Kier molecular flexibility index (Phi) is 3.62. The molecule has 0 radical (unpaired) electrons. The Balaban J connectivity index is 1.92. The molecule has 0 aliphatic carbocycles. The number of aromatic nitrogens is 2. The Hall–Kier alpha value is -2.30. The summed E-state index contributed by atoms with van der Waals surface area (Å²) < 4.78 is 1.75. The molecular formula is C13H16N4O. The Morgan fingerprint density at radius 2 is 2.00 bits per heavy atom. The van der Waals surface area contributed by atoms with Crippen molar-refractivity contribution in [2.24, 2.45) is 7.05 Å². The van der Waals surface area contributed by atoms with Gasteiger partial charge in [0, 0.05) is 32.4 Å². The lowest BCUT2D eigenvalue weighted by Gasteiger charge is -2.05. The second-order valence-electron chi connectivity index (χ2n) is 4.13. The van der Waals surface area contributed by atoms with Gasteiger partial charge in [0.05, 0.1) is 11.9 Å². The zero-order valence-electron chi connectivity index (χ0n) is 10.5. The molecular weight excluding hydrogens is 228 g/mol. The molecule has 0 saturated heterocycles. The second kappa shape index (κ2) is 5.35. The van der Waals surface area contributed by atoms with Crippen LogP contribution in [0.25, 0.3) is 0 Å². The van der Waals surface area contributed by atoms with E-state index in [1.165, 1.54) is 6.92 Å². The standard InChI is InChI=1S/C13H16N4O/c1-10(18)16-12-5-3-11(4-6-12)7-14-13-8-15-17(2)9-13/h3-6,8-9,14H,7H2,1-2H3,(H,16,18). The van der Waals surface area contributed by atoms with Crippen LogP contribution >= 0.6 is 0 Å². The van der Waals surface area contributed by atoms with Crippen molar-refractivity contribution < 1.29 is 4.79 Å². The number of nitrogens with zero attached hydrogens (tertiary/aromatic N) is 2. The molecule has 0 fully saturated rings. The highest BCUT2D eigenvalue weighted by molar-refractivity contribution is 5.88. The van der Waals surface area contributed by atoms with Crippen LogP contribution in [-0.2, 0) is 18.4 Å². The average Bonchev–Trinajstić information content (AvgIpc) is 2.74. The molecule has 94 valence electrons. The second-order valence-corrected chi connectivity index (χ2v) is 4.13. The van der Waals surface area contributed by atoms with E-state index in [2.05, 4.69) is 15.7 Å². The van der Waals surface area contributed by atoms with Gasteiger partial charge in [-0.25, -0.2) is 0 Å². The monoisotopic (exact) mass is 244 g/mol. The van der Waals surface area contributed by atoms with Crippen molar-refractivity contribution in [1.82, 2.24) is 9.78 Å². The largest absolute Gasteiger partial charge is 0.378 e. The number of carbonyl (C=O) groups is 1. The van der Waals surface area contributed by atoms with Crippen molar-refractivity contribution in [2.45, 2.75) is 13.5 Å². The van der Waals surface area contributed by atoms with E-state index >= 15 is 0 Å². The summed E-state index contributed by atoms with van der Waals surface area (Å²) >= 11 is 0. The summed E-state index contributed by atoms with van der Waals surface area (Å²) in [6, 6.07) is 7.74. The van der Waals surface area contributed by atoms with Gasteiger partial charge >= 0.3 is 0 Å². The van der Waals surface area contributed by atoms with Crippen LogP contribution in [0.4, 0.5) is 11.4 Å². The Labute approximate surface area is 106 Å². The zero-order valence-corrected chi connectivity index (χ0v) is 10.5. The summed E-state index contributed by atoms with van der Waals surface area (Å²) in [5, 5.41) is 10.1. The number of amides is 1. The molecule has 2 aromatic rings. The van der Waals surface area contributed by atoms with Gasteiger partial charge in [-0.2, -0.15) is 5.10 Å². The summed E-state index contributed by atoms with van der Waals surface area (Å²) in [4.78, 5) is 10.9. The van der Waals surface area contributed by atoms with E-state index in [0.717, 1.165) is 23.5 Å². The Bertz CT molecular complexity index is 530. The number of anilines is 2. The first-order valence-corrected chi connectivity index (χ1v) is 5.72. The molecule has 0 unspecified atom stereocenters. The summed E-state index contributed by atoms with van der Waals surface area (Å²) in [6.45, 7) is 2.23. The third-order valence-corrected chi connectivity index (χ3v) is 2.48. The molecule has 2 rings (SSSR count). The van der Waals surface area contributed by atoms with Crippen molar-refractivity contribution in [1.29, 1.82) is 0 Å². The van der Waals surface area contributed by atoms with Gasteiger partial charge in [-0.3, -0.25) is 9.48 Å². The van der Waals surface area contributed by atoms with Gasteiger partial charge in [0.25, 0.3) is 0 Å². The van der Waals surface area contributed by atoms with E-state index in [9.17, 15) is 4.79 Å². The molecule has 0 saturated carbocycles. The van der Waals surface area contributed by atoms with Gasteiger partial charge < -0.3 is 10.6 Å². The fourth-order valence-electron chi connectivity index (χ4n) is 1.63. The van der Waals surface area contributed by atoms with E-state index in [1.54, 1.807) is 10.9 Å². The number of aryl methyl sites for hydroxylation is 1. The number of hydrogen-bond acceptors (Lipinski definition) is 3. The molecule has 5 nitrogen and oxygen atoms in total. The molecule has 1 aromatic heterocycles. The lowest BCUT2D eigenvalue weighted by atomic mass is 10.2. The molecule has 1 heterocycles. The third kappa shape index (κ3) is 3.35. The van der Waals surface area contributed by atoms with Crippen LogP contribution in [0.5, 0.6) is 0 Å². The van der Waals surface area contributed by atoms with Gasteiger partial charge in [-0.15, -0.1) is 0 Å². The maximum absolute atomic E-state index is 10.9. The summed E-state index contributed by atoms with van der Waals surface area (Å²) in [7, 11) is 1.88. The minimum absolute atomic E-state index is 0.0590. The smallest absolute Gasteiger partial charge is 0.221 e. The van der Waals surface area contributed by atoms with Crippen molar-refractivity contribution in [3.63, 3.8) is 0 Å². The molecule has 0 spiro atoms. The van der Waals surface area contributed by atoms with Gasteiger partial charge in [0.2, 0.25) is 5.91 Å². The zero-order chi connectivity index (χ0) is 13.0. The predicted molar refractivity (Wildman–Crippen MR) is 71.3 cm³/mol. The average molecular weight is 244 g/mol. The normalized spacial score (nSPS) is 10.1. The van der Waals surface area contributed by atoms with Crippen LogP contribution in [0, 0.1) is 0 Å². The highest BCUT2D eigenvalue weighted by Gasteiger charge is 1.98. The van der Waals surface area contributed by atoms with Crippen LogP contribution in [0.15, 0.2) is 36.7 Å². The number of benzene rings is 1. The molecule has 0 aliphatic heterocycles. The van der Waals surface area contributed by atoms with Crippen molar-refractivity contribution in [3.05, 3.63) is 42.2 Å². The van der Waals surface area contributed by atoms with E-state index < -0.39 is 0 Å². The topological polar surface area (TPSA) is 59.0 Å². The van der Waals surface area contributed by atoms with Crippen molar-refractivity contribution in [3.8, 4) is 0 Å². The minimum Gasteiger partial charge on any atom is -0.378 e. The maximum atomic E-state index is 10.9. The summed E-state index contributed by atoms with van der Waals surface area (Å²) in [5.41, 5.74) is 2.95. The first kappa shape index (κ1) is 12.2. The minimum atomic E-state index is -0.0590. The lowest BCUT2D eigenvalue weighted by molar-refractivity contribution is -0.114. The highest BCUT2D eigenvalue weighted by Crippen LogP contribution is 2.11. The first-order valence-electron chi connectivity index (χ1n) is 5.72. The molecule has 1 amide bonds. The fraction of sp³-hybridized carbons (Fsp3) is 0.231. The first-order chi connectivity index (χ1) is 8.63. The summed E-state index contributed by atoms with van der Waals surface area (Å²) in [6.07, 6.45) is 3.71. The Morgan fingerprint density at radius 3 is 2.56 bits per heavy atom. The predicted octanol–water partition coefficient (Wildman–Crippen LogP) is 1.99. The van der Waals surface area contributed by atoms with E-state index in [-0.39, 0.29) is 5.91 Å². The van der Waals surface area contributed by atoms with E-state index in [4.69, 9.17) is 0 Å². The van der Waals surface area contributed by atoms with Crippen LogP contribution in [0.2, 0.25) is 0 Å². The van der Waals surface area contributed by atoms with Gasteiger partial charge in [0.1, 0.15) is 0 Å². The van der Waals surface area contributed by atoms with Gasteiger partial charge in [-0.05, 0) is 17.7 Å². The molecule has 0 aliphatic rings. The van der Waals surface area contributed by atoms with E-state index in [1.807, 2.05) is 37.5 Å². The molecule has 0 atom stereocenters. The van der Waals surface area contributed by atoms with Crippen molar-refractivity contribution in [2.75, 3.05) is 10.6 Å². The molecule has 18 heavy (non-hydrogen) atoms. The van der Waals surface area contributed by atoms with E-state index in [0.29, 0.717) is 0 Å². The van der Waals surface area contributed by atoms with Crippen LogP contribution in [0.1, 0.15) is 12.5 Å². The number of rotatable bonds is 4. The van der Waals surface area contributed by atoms with Crippen LogP contribution in [0.3, 0.4) is 0 Å². The highest BCUT2D eigenvalue weighted by atomic mass is 16.1. The van der Waals surface area contributed by atoms with Gasteiger partial charge in [0.15, 0.2) is 0 Å². The number of carbonyl (C=O) groups excluding carboxylic acids is 1. The molecule has 2 N–H and O–H groups in total. The third-order valence-electron chi connectivity index (χ3n) is 2.48. The van der Waals surface area contributed by atoms with Crippen LogP contribution in [-0.4, -0.2) is 15.7 Å². The maximum Gasteiger partial charge on any atom is 0.221 e. The molecule has 1 aromatic carbocycles. The number of hydrogen-bond donors (Lipinski definition) is 2. The summed E-state index contributed by atoms with van der Waals surface area (Å²) in [5.74, 6) is -0.0590. The SMILES string of the molecule is CC(=O)Nc1ccc(CNc2cnn(C)c2)cc1. The molecule has 5 heteroatoms. The number of nitrogens with one attached hydrogen (secondary N) is 2. The fourth-order valence-corrected chi connectivity index (χ4v) is 1.63. The Morgan fingerprint density at radius 1 is 1.28 bits per heavy atom.